The van der Waals surface area contributed by atoms with Crippen molar-refractivity contribution in [3.8, 4) is 0 Å². The first-order valence-electron chi connectivity index (χ1n) is 10.5. The molecule has 0 aliphatic carbocycles. The molecule has 2 aliphatic rings. The Hall–Kier alpha value is -1.39. The largest absolute Gasteiger partial charge is 0.356 e. The molecule has 2 aliphatic heterocycles. The number of aromatic nitrogens is 1. The van der Waals surface area contributed by atoms with Crippen molar-refractivity contribution in [3.63, 3.8) is 0 Å². The average Bonchev–Trinajstić information content (AvgIpc) is 3.16. The van der Waals surface area contributed by atoms with Crippen molar-refractivity contribution in [1.82, 2.24) is 15.0 Å². The lowest BCUT2D eigenvalue weighted by molar-refractivity contribution is 0.0636. The molecule has 1 saturated heterocycles. The summed E-state index contributed by atoms with van der Waals surface area (Å²) in [5, 5.41) is 5.60. The molecule has 0 saturated carbocycles. The van der Waals surface area contributed by atoms with Gasteiger partial charge in [0.1, 0.15) is 0 Å². The lowest BCUT2D eigenvalue weighted by Crippen LogP contribution is -2.42. The summed E-state index contributed by atoms with van der Waals surface area (Å²) in [7, 11) is 0. The third-order valence-corrected chi connectivity index (χ3v) is 6.54. The van der Waals surface area contributed by atoms with Crippen LogP contribution in [0.15, 0.2) is 16.7 Å². The summed E-state index contributed by atoms with van der Waals surface area (Å²) in [6, 6.07) is 4.50. The number of piperidine rings is 1. The van der Waals surface area contributed by atoms with Gasteiger partial charge in [-0.3, -0.25) is 9.80 Å². The highest BCUT2D eigenvalue weighted by atomic mass is 16.5. The fourth-order valence-corrected chi connectivity index (χ4v) is 4.81. The number of hydrogen-bond acceptors (Lipinski definition) is 4. The summed E-state index contributed by atoms with van der Waals surface area (Å²) in [4.78, 5) is 5.19. The quantitative estimate of drug-likeness (QED) is 0.732. The Bertz CT molecular complexity index is 816. The second-order valence-electron chi connectivity index (χ2n) is 10.7. The van der Waals surface area contributed by atoms with Gasteiger partial charge in [-0.25, -0.2) is 0 Å². The number of fused-ring (bicyclic) bond motifs is 3. The van der Waals surface area contributed by atoms with E-state index in [2.05, 4.69) is 68.6 Å². The molecule has 0 radical (unpaired) electrons. The van der Waals surface area contributed by atoms with Gasteiger partial charge in [0.2, 0.25) is 0 Å². The van der Waals surface area contributed by atoms with Crippen molar-refractivity contribution in [2.45, 2.75) is 72.9 Å². The van der Waals surface area contributed by atoms with Gasteiger partial charge in [0.05, 0.1) is 12.4 Å². The van der Waals surface area contributed by atoms with Crippen LogP contribution in [0.1, 0.15) is 71.2 Å². The molecule has 4 rings (SSSR count). The fourth-order valence-electron chi connectivity index (χ4n) is 4.81. The third-order valence-electron chi connectivity index (χ3n) is 6.54. The summed E-state index contributed by atoms with van der Waals surface area (Å²) in [6.07, 6.45) is 2.65. The molecule has 0 spiro atoms. The maximum Gasteiger partial charge on any atom is 0.171 e. The van der Waals surface area contributed by atoms with E-state index >= 15 is 0 Å². The molecule has 1 aromatic carbocycles. The molecule has 0 bridgehead atoms. The van der Waals surface area contributed by atoms with Crippen LogP contribution in [0.4, 0.5) is 0 Å². The molecule has 0 atom stereocenters. The summed E-state index contributed by atoms with van der Waals surface area (Å²) in [5.74, 6) is 0.856. The van der Waals surface area contributed by atoms with Crippen LogP contribution in [-0.2, 0) is 18.5 Å². The zero-order chi connectivity index (χ0) is 19.4. The van der Waals surface area contributed by atoms with Gasteiger partial charge in [-0.15, -0.1) is 0 Å². The zero-order valence-corrected chi connectivity index (χ0v) is 17.9. The SMILES string of the molecule is CC(C)(C)c1noc2c3c(ccc12)CN(CN1CCC(C(C)(C)C)CC1)C3. The number of hydrogen-bond donors (Lipinski definition) is 0. The highest BCUT2D eigenvalue weighted by molar-refractivity contribution is 5.84. The van der Waals surface area contributed by atoms with Crippen molar-refractivity contribution >= 4 is 11.0 Å². The highest BCUT2D eigenvalue weighted by Crippen LogP contribution is 2.37. The smallest absolute Gasteiger partial charge is 0.171 e. The highest BCUT2D eigenvalue weighted by Gasteiger charge is 2.31. The second kappa shape index (κ2) is 6.59. The standard InChI is InChI=1S/C23H35N3O/c1-22(2,3)17-9-11-25(12-10-17)15-26-13-16-7-8-18-20(19(16)14-26)27-24-21(18)23(4,5)6/h7-8,17H,9-15H2,1-6H3. The Balaban J connectivity index is 1.44. The molecule has 3 heterocycles. The molecule has 2 aromatic rings. The second-order valence-corrected chi connectivity index (χ2v) is 10.7. The van der Waals surface area contributed by atoms with Crippen LogP contribution >= 0.6 is 0 Å². The van der Waals surface area contributed by atoms with Crippen LogP contribution in [0.2, 0.25) is 0 Å². The molecular weight excluding hydrogens is 334 g/mol. The van der Waals surface area contributed by atoms with Crippen LogP contribution in [-0.4, -0.2) is 34.7 Å². The molecule has 0 unspecified atom stereocenters. The maximum absolute atomic E-state index is 5.82. The van der Waals surface area contributed by atoms with Crippen molar-refractivity contribution in [3.05, 3.63) is 29.0 Å². The normalized spacial score (nSPS) is 20.5. The Morgan fingerprint density at radius 1 is 1.00 bits per heavy atom. The zero-order valence-electron chi connectivity index (χ0n) is 17.9. The van der Waals surface area contributed by atoms with E-state index < -0.39 is 0 Å². The molecule has 0 N–H and O–H groups in total. The molecule has 148 valence electrons. The first kappa shape index (κ1) is 18.9. The fraction of sp³-hybridized carbons (Fsp3) is 0.696. The Kier molecular flexibility index (Phi) is 4.63. The van der Waals surface area contributed by atoms with Crippen molar-refractivity contribution in [1.29, 1.82) is 0 Å². The predicted octanol–water partition coefficient (Wildman–Crippen LogP) is 5.16. The minimum Gasteiger partial charge on any atom is -0.356 e. The van der Waals surface area contributed by atoms with Gasteiger partial charge in [0, 0.05) is 29.5 Å². The molecule has 1 aromatic heterocycles. The van der Waals surface area contributed by atoms with Gasteiger partial charge < -0.3 is 4.52 Å². The van der Waals surface area contributed by atoms with E-state index in [1.54, 1.807) is 0 Å². The minimum atomic E-state index is 0.00910. The van der Waals surface area contributed by atoms with Crippen LogP contribution in [0.3, 0.4) is 0 Å². The molecule has 4 nitrogen and oxygen atoms in total. The van der Waals surface area contributed by atoms with E-state index in [1.807, 2.05) is 0 Å². The van der Waals surface area contributed by atoms with Gasteiger partial charge in [0.25, 0.3) is 0 Å². The molecule has 0 amide bonds. The lowest BCUT2D eigenvalue weighted by Gasteiger charge is -2.39. The summed E-state index contributed by atoms with van der Waals surface area (Å²) >= 11 is 0. The van der Waals surface area contributed by atoms with Crippen LogP contribution in [0.25, 0.3) is 11.0 Å². The van der Waals surface area contributed by atoms with E-state index in [4.69, 9.17) is 4.52 Å². The van der Waals surface area contributed by atoms with Crippen LogP contribution in [0.5, 0.6) is 0 Å². The minimum absolute atomic E-state index is 0.00910. The van der Waals surface area contributed by atoms with Gasteiger partial charge in [-0.05, 0) is 48.9 Å². The molecular formula is C23H35N3O. The third kappa shape index (κ3) is 3.66. The maximum atomic E-state index is 5.82. The summed E-state index contributed by atoms with van der Waals surface area (Å²) in [5.41, 5.74) is 5.28. The average molecular weight is 370 g/mol. The van der Waals surface area contributed by atoms with Crippen molar-refractivity contribution in [2.75, 3.05) is 19.8 Å². The summed E-state index contributed by atoms with van der Waals surface area (Å²) < 4.78 is 5.82. The van der Waals surface area contributed by atoms with E-state index in [0.717, 1.165) is 37.0 Å². The first-order valence-corrected chi connectivity index (χ1v) is 10.5. The first-order chi connectivity index (χ1) is 12.6. The Labute approximate surface area is 163 Å². The number of nitrogens with zero attached hydrogens (tertiary/aromatic N) is 3. The number of benzene rings is 1. The molecule has 1 fully saturated rings. The van der Waals surface area contributed by atoms with Crippen LogP contribution < -0.4 is 0 Å². The number of rotatable bonds is 2. The lowest BCUT2D eigenvalue weighted by atomic mass is 9.75. The van der Waals surface area contributed by atoms with Crippen LogP contribution in [0, 0.1) is 11.3 Å². The van der Waals surface area contributed by atoms with Gasteiger partial charge in [-0.2, -0.15) is 0 Å². The van der Waals surface area contributed by atoms with E-state index in [9.17, 15) is 0 Å². The van der Waals surface area contributed by atoms with Crippen molar-refractivity contribution in [2.24, 2.45) is 11.3 Å². The van der Waals surface area contributed by atoms with Gasteiger partial charge >= 0.3 is 0 Å². The summed E-state index contributed by atoms with van der Waals surface area (Å²) in [6.45, 7) is 19.3. The number of likely N-dealkylation sites (tertiary alicyclic amines) is 1. The Morgan fingerprint density at radius 3 is 2.33 bits per heavy atom. The van der Waals surface area contributed by atoms with E-state index in [0.29, 0.717) is 5.41 Å². The molecule has 4 heteroatoms. The monoisotopic (exact) mass is 369 g/mol. The van der Waals surface area contributed by atoms with E-state index in [1.165, 1.54) is 42.4 Å². The predicted molar refractivity (Wildman–Crippen MR) is 111 cm³/mol. The molecule has 27 heavy (non-hydrogen) atoms. The topological polar surface area (TPSA) is 32.5 Å². The van der Waals surface area contributed by atoms with Gasteiger partial charge in [0.15, 0.2) is 5.58 Å². The van der Waals surface area contributed by atoms with Gasteiger partial charge in [-0.1, -0.05) is 52.8 Å². The van der Waals surface area contributed by atoms with E-state index in [-0.39, 0.29) is 5.41 Å². The Morgan fingerprint density at radius 2 is 1.70 bits per heavy atom. The van der Waals surface area contributed by atoms with Crippen molar-refractivity contribution < 1.29 is 4.52 Å².